The molecule has 1 aliphatic carbocycles. The molecule has 0 unspecified atom stereocenters. The Labute approximate surface area is 136 Å². The van der Waals surface area contributed by atoms with E-state index in [0.29, 0.717) is 6.04 Å². The first kappa shape index (κ1) is 19.5. The summed E-state index contributed by atoms with van der Waals surface area (Å²) in [7, 11) is -1.66. The largest absolute Gasteiger partial charge is 0.598 e. The van der Waals surface area contributed by atoms with Gasteiger partial charge in [0.1, 0.15) is 4.75 Å². The zero-order valence-electron chi connectivity index (χ0n) is 15.4. The maximum Gasteiger partial charge on any atom is 0.192 e. The summed E-state index contributed by atoms with van der Waals surface area (Å²) in [4.78, 5) is 0. The van der Waals surface area contributed by atoms with E-state index in [0.717, 1.165) is 19.4 Å². The van der Waals surface area contributed by atoms with E-state index in [1.54, 1.807) is 0 Å². The quantitative estimate of drug-likeness (QED) is 0.605. The molecule has 0 spiro atoms. The van der Waals surface area contributed by atoms with Crippen LogP contribution in [0.3, 0.4) is 0 Å². The Morgan fingerprint density at radius 2 is 1.67 bits per heavy atom. The van der Waals surface area contributed by atoms with Crippen molar-refractivity contribution in [3.8, 4) is 0 Å². The van der Waals surface area contributed by atoms with E-state index in [9.17, 15) is 4.55 Å². The van der Waals surface area contributed by atoms with Crippen molar-refractivity contribution in [2.45, 2.75) is 90.2 Å². The molecule has 0 aromatic carbocycles. The first-order valence-corrected chi connectivity index (χ1v) is 12.0. The number of nitrogens with one attached hydrogen (secondary N) is 1. The zero-order valence-corrected chi connectivity index (χ0v) is 17.2. The lowest BCUT2D eigenvalue weighted by Gasteiger charge is -2.48. The van der Waals surface area contributed by atoms with E-state index in [4.69, 9.17) is 4.43 Å². The third kappa shape index (κ3) is 5.24. The Hall–Kier alpha value is 0.447. The van der Waals surface area contributed by atoms with Gasteiger partial charge in [-0.2, -0.15) is 0 Å². The summed E-state index contributed by atoms with van der Waals surface area (Å²) in [6.07, 6.45) is 2.12. The minimum absolute atomic E-state index is 0.191. The minimum atomic E-state index is -1.66. The zero-order chi connectivity index (χ0) is 16.7. The van der Waals surface area contributed by atoms with Gasteiger partial charge in [0.2, 0.25) is 0 Å². The van der Waals surface area contributed by atoms with Crippen LogP contribution in [0.15, 0.2) is 0 Å². The maximum absolute atomic E-state index is 12.1. The monoisotopic (exact) mass is 333 g/mol. The Morgan fingerprint density at radius 3 is 2.05 bits per heavy atom. The van der Waals surface area contributed by atoms with Gasteiger partial charge in [-0.15, -0.1) is 4.72 Å². The van der Waals surface area contributed by atoms with Gasteiger partial charge in [-0.3, -0.25) is 0 Å². The first-order chi connectivity index (χ1) is 9.16. The summed E-state index contributed by atoms with van der Waals surface area (Å²) in [6.45, 7) is 20.6. The summed E-state index contributed by atoms with van der Waals surface area (Å²) in [5.41, 5.74) is 0.245. The second-order valence-corrected chi connectivity index (χ2v) is 16.3. The van der Waals surface area contributed by atoms with Crippen LogP contribution in [-0.2, 0) is 15.8 Å². The molecule has 3 nitrogen and oxygen atoms in total. The van der Waals surface area contributed by atoms with Crippen molar-refractivity contribution in [2.24, 2.45) is 5.41 Å². The van der Waals surface area contributed by atoms with Gasteiger partial charge in [0.25, 0.3) is 0 Å². The molecule has 0 bridgehead atoms. The van der Waals surface area contributed by atoms with E-state index < -0.39 is 19.7 Å². The lowest BCUT2D eigenvalue weighted by Crippen LogP contribution is -2.55. The predicted octanol–water partition coefficient (Wildman–Crippen LogP) is 4.23. The lowest BCUT2D eigenvalue weighted by atomic mass is 9.68. The van der Waals surface area contributed by atoms with Gasteiger partial charge in [-0.25, -0.2) is 0 Å². The van der Waals surface area contributed by atoms with Crippen molar-refractivity contribution >= 4 is 19.7 Å². The van der Waals surface area contributed by atoms with Gasteiger partial charge < -0.3 is 8.98 Å². The highest BCUT2D eigenvalue weighted by Crippen LogP contribution is 2.44. The Kier molecular flexibility index (Phi) is 5.71. The van der Waals surface area contributed by atoms with Gasteiger partial charge in [0.15, 0.2) is 8.32 Å². The Bertz CT molecular complexity index is 354. The highest BCUT2D eigenvalue weighted by molar-refractivity contribution is 7.90. The fourth-order valence-corrected chi connectivity index (χ4v) is 4.20. The highest BCUT2D eigenvalue weighted by atomic mass is 32.2. The summed E-state index contributed by atoms with van der Waals surface area (Å²) >= 11 is -0.966. The molecule has 0 amide bonds. The molecule has 0 saturated heterocycles. The van der Waals surface area contributed by atoms with E-state index in [1.807, 2.05) is 20.8 Å². The Balaban J connectivity index is 2.41. The number of hydrogen-bond acceptors (Lipinski definition) is 3. The molecule has 1 rings (SSSR count). The van der Waals surface area contributed by atoms with Crippen LogP contribution in [0.5, 0.6) is 0 Å². The molecule has 1 saturated carbocycles. The summed E-state index contributed by atoms with van der Waals surface area (Å²) in [5, 5.41) is 0.262. The number of hydrogen-bond donors (Lipinski definition) is 1. The molecule has 0 heterocycles. The molecule has 1 N–H and O–H groups in total. The summed E-state index contributed by atoms with van der Waals surface area (Å²) in [5.74, 6) is 0. The molecule has 126 valence electrons. The summed E-state index contributed by atoms with van der Waals surface area (Å²) in [6, 6.07) is 0.373. The molecular weight excluding hydrogens is 298 g/mol. The van der Waals surface area contributed by atoms with E-state index in [-0.39, 0.29) is 15.2 Å². The van der Waals surface area contributed by atoms with Crippen LogP contribution in [0.1, 0.15) is 61.3 Å². The lowest BCUT2D eigenvalue weighted by molar-refractivity contribution is 0.0455. The number of rotatable bonds is 5. The van der Waals surface area contributed by atoms with E-state index in [2.05, 4.69) is 45.5 Å². The third-order valence-corrected chi connectivity index (χ3v) is 11.0. The second-order valence-electron chi connectivity index (χ2n) is 9.46. The second kappa shape index (κ2) is 6.15. The smallest absolute Gasteiger partial charge is 0.192 e. The van der Waals surface area contributed by atoms with Crippen LogP contribution in [0.2, 0.25) is 18.1 Å². The molecule has 0 aromatic heterocycles. The Morgan fingerprint density at radius 1 is 1.19 bits per heavy atom. The fourth-order valence-electron chi connectivity index (χ4n) is 2.23. The van der Waals surface area contributed by atoms with Gasteiger partial charge >= 0.3 is 0 Å². The van der Waals surface area contributed by atoms with E-state index in [1.165, 1.54) is 0 Å². The molecule has 1 fully saturated rings. The van der Waals surface area contributed by atoms with Gasteiger partial charge in [0.05, 0.1) is 6.04 Å². The molecule has 5 heteroatoms. The van der Waals surface area contributed by atoms with E-state index >= 15 is 0 Å². The average molecular weight is 334 g/mol. The molecule has 0 aromatic rings. The topological polar surface area (TPSA) is 44.3 Å². The van der Waals surface area contributed by atoms with Gasteiger partial charge in [-0.05, 0) is 57.2 Å². The van der Waals surface area contributed by atoms with Crippen LogP contribution in [0.25, 0.3) is 0 Å². The van der Waals surface area contributed by atoms with Crippen LogP contribution in [-0.4, -0.2) is 30.3 Å². The van der Waals surface area contributed by atoms with Gasteiger partial charge in [0, 0.05) is 18.0 Å². The van der Waals surface area contributed by atoms with Crippen LogP contribution < -0.4 is 4.72 Å². The SMILES string of the molecule is CC1(CO[Si](C)(C)C(C)(C)C)CC(N[S@@+]([O-])C(C)(C)C)C1. The van der Waals surface area contributed by atoms with Gasteiger partial charge in [-0.1, -0.05) is 27.7 Å². The molecule has 1 aliphatic rings. The molecule has 0 radical (unpaired) electrons. The van der Waals surface area contributed by atoms with Crippen LogP contribution in [0, 0.1) is 5.41 Å². The van der Waals surface area contributed by atoms with Crippen molar-refractivity contribution in [1.82, 2.24) is 4.72 Å². The normalized spacial score (nSPS) is 29.1. The van der Waals surface area contributed by atoms with Crippen molar-refractivity contribution < 1.29 is 8.98 Å². The fraction of sp³-hybridized carbons (Fsp3) is 1.00. The van der Waals surface area contributed by atoms with Crippen molar-refractivity contribution in [2.75, 3.05) is 6.61 Å². The molecule has 0 aliphatic heterocycles. The highest BCUT2D eigenvalue weighted by Gasteiger charge is 2.46. The van der Waals surface area contributed by atoms with Crippen LogP contribution in [0.4, 0.5) is 0 Å². The molecule has 1 atom stereocenters. The van der Waals surface area contributed by atoms with Crippen molar-refractivity contribution in [1.29, 1.82) is 0 Å². The van der Waals surface area contributed by atoms with Crippen molar-refractivity contribution in [3.05, 3.63) is 0 Å². The average Bonchev–Trinajstić information content (AvgIpc) is 2.21. The van der Waals surface area contributed by atoms with Crippen molar-refractivity contribution in [3.63, 3.8) is 0 Å². The third-order valence-electron chi connectivity index (χ3n) is 4.90. The standard InChI is InChI=1S/C16H35NO2SSi/c1-14(2,3)20(18)17-13-10-16(7,11-13)12-19-21(8,9)15(4,5)6/h13,17H,10-12H2,1-9H3/t13?,16?,20-/m0/s1. The minimum Gasteiger partial charge on any atom is -0.598 e. The maximum atomic E-state index is 12.1. The first-order valence-electron chi connectivity index (χ1n) is 7.98. The van der Waals surface area contributed by atoms with Crippen LogP contribution >= 0.6 is 0 Å². The molecule has 21 heavy (non-hydrogen) atoms. The predicted molar refractivity (Wildman–Crippen MR) is 95.3 cm³/mol. The molecular formula is C16H35NO2SSi. The summed E-state index contributed by atoms with van der Waals surface area (Å²) < 4.78 is 21.5.